The van der Waals surface area contributed by atoms with Crippen molar-refractivity contribution in [2.45, 2.75) is 116 Å². The van der Waals surface area contributed by atoms with Crippen molar-refractivity contribution < 1.29 is 32.8 Å². The van der Waals surface area contributed by atoms with Crippen LogP contribution in [0, 0.1) is 0 Å². The molecule has 0 aliphatic carbocycles. The zero-order chi connectivity index (χ0) is 33.1. The minimum atomic E-state index is -4.27. The number of rotatable bonds is 31. The number of esters is 1. The zero-order valence-electron chi connectivity index (χ0n) is 28.1. The fourth-order valence-corrected chi connectivity index (χ4v) is 4.70. The van der Waals surface area contributed by atoms with Gasteiger partial charge in [0, 0.05) is 19.6 Å². The van der Waals surface area contributed by atoms with E-state index in [1.807, 2.05) is 0 Å². The predicted octanol–water partition coefficient (Wildman–Crippen LogP) is 9.24. The fraction of sp³-hybridized carbons (Fsp3) is 0.639. The van der Waals surface area contributed by atoms with Crippen LogP contribution in [0.5, 0.6) is 0 Å². The first-order chi connectivity index (χ1) is 21.9. The summed E-state index contributed by atoms with van der Waals surface area (Å²) >= 11 is 0. The Morgan fingerprint density at radius 1 is 0.689 bits per heavy atom. The number of carbonyl (C=O) groups excluding carboxylic acids is 1. The summed E-state index contributed by atoms with van der Waals surface area (Å²) in [5.41, 5.74) is 5.31. The lowest BCUT2D eigenvalue weighted by atomic mass is 10.1. The van der Waals surface area contributed by atoms with Crippen LogP contribution in [0.2, 0.25) is 0 Å². The molecule has 9 heteroatoms. The summed E-state index contributed by atoms with van der Waals surface area (Å²) in [6.07, 6.45) is 39.8. The van der Waals surface area contributed by atoms with E-state index >= 15 is 0 Å². The molecule has 0 aromatic rings. The summed E-state index contributed by atoms with van der Waals surface area (Å²) in [6.45, 7) is 4.55. The smallest absolute Gasteiger partial charge is 0.457 e. The third-order valence-electron chi connectivity index (χ3n) is 6.39. The molecule has 258 valence electrons. The maximum atomic E-state index is 12.2. The second kappa shape index (κ2) is 33.3. The Labute approximate surface area is 274 Å². The summed E-state index contributed by atoms with van der Waals surface area (Å²) in [5, 5.41) is 0. The van der Waals surface area contributed by atoms with E-state index in [-0.39, 0.29) is 32.3 Å². The number of unbranched alkanes of at least 4 members (excludes halogenated alkanes) is 6. The van der Waals surface area contributed by atoms with Crippen LogP contribution < -0.4 is 5.73 Å². The van der Waals surface area contributed by atoms with Crippen molar-refractivity contribution in [1.29, 1.82) is 0 Å². The monoisotopic (exact) mass is 651 g/mol. The van der Waals surface area contributed by atoms with Gasteiger partial charge in [-0.25, -0.2) is 4.57 Å². The maximum absolute atomic E-state index is 12.2. The highest BCUT2D eigenvalue weighted by Crippen LogP contribution is 2.43. The van der Waals surface area contributed by atoms with Crippen molar-refractivity contribution in [2.24, 2.45) is 5.73 Å². The molecule has 0 amide bonds. The quantitative estimate of drug-likeness (QED) is 0.0330. The number of phosphoric ester groups is 1. The van der Waals surface area contributed by atoms with E-state index in [0.717, 1.165) is 89.9 Å². The first kappa shape index (κ1) is 42.9. The van der Waals surface area contributed by atoms with Crippen molar-refractivity contribution >= 4 is 13.8 Å². The molecule has 0 aliphatic rings. The van der Waals surface area contributed by atoms with Gasteiger partial charge in [-0.15, -0.1) is 0 Å². The van der Waals surface area contributed by atoms with Crippen molar-refractivity contribution in [2.75, 3.05) is 33.0 Å². The van der Waals surface area contributed by atoms with Gasteiger partial charge in [-0.1, -0.05) is 112 Å². The van der Waals surface area contributed by atoms with E-state index in [1.54, 1.807) is 0 Å². The van der Waals surface area contributed by atoms with Crippen molar-refractivity contribution in [3.63, 3.8) is 0 Å². The Kier molecular flexibility index (Phi) is 31.8. The lowest BCUT2D eigenvalue weighted by Crippen LogP contribution is -2.28. The van der Waals surface area contributed by atoms with E-state index in [0.29, 0.717) is 13.0 Å². The average molecular weight is 652 g/mol. The maximum Gasteiger partial charge on any atom is 0.472 e. The Bertz CT molecular complexity index is 911. The Morgan fingerprint density at radius 3 is 1.80 bits per heavy atom. The van der Waals surface area contributed by atoms with Gasteiger partial charge in [-0.05, 0) is 64.2 Å². The van der Waals surface area contributed by atoms with Gasteiger partial charge in [0.25, 0.3) is 0 Å². The summed E-state index contributed by atoms with van der Waals surface area (Å²) in [7, 11) is -4.27. The summed E-state index contributed by atoms with van der Waals surface area (Å²) < 4.78 is 32.9. The molecule has 3 N–H and O–H groups in total. The van der Waals surface area contributed by atoms with Crippen molar-refractivity contribution in [1.82, 2.24) is 0 Å². The number of carbonyl (C=O) groups is 1. The molecule has 0 radical (unpaired) electrons. The van der Waals surface area contributed by atoms with Crippen LogP contribution in [0.3, 0.4) is 0 Å². The van der Waals surface area contributed by atoms with E-state index < -0.39 is 13.9 Å². The number of phosphoric acid groups is 1. The SMILES string of the molecule is CC/C=C\C/C=C\C/C=C\C/C=C\C/C=C\C/C=C\CCCCCOCC(COP(=O)(O)OCCN)OC(=O)CCCCCC. The van der Waals surface area contributed by atoms with E-state index in [1.165, 1.54) is 0 Å². The molecule has 0 spiro atoms. The van der Waals surface area contributed by atoms with Gasteiger partial charge in [-0.3, -0.25) is 13.8 Å². The molecule has 2 unspecified atom stereocenters. The van der Waals surface area contributed by atoms with Crippen molar-refractivity contribution in [3.8, 4) is 0 Å². The second-order valence-electron chi connectivity index (χ2n) is 10.6. The molecule has 0 heterocycles. The Morgan fingerprint density at radius 2 is 1.24 bits per heavy atom. The standard InChI is InChI=1S/C36H62NO7P/c1-3-5-7-9-10-11-12-13-14-15-16-17-18-19-20-21-22-23-24-25-26-28-31-41-33-35(34-43-45(39,40)42-32-30-37)44-36(38)29-27-8-6-4-2/h5,7,10-11,13-14,16-17,19-20,22-23,35H,3-4,6,8-9,12,15,18,21,24-34,37H2,1-2H3,(H,39,40)/b7-5-,11-10-,14-13-,17-16-,20-19-,23-22-. The van der Waals surface area contributed by atoms with E-state index in [4.69, 9.17) is 24.3 Å². The van der Waals surface area contributed by atoms with E-state index in [9.17, 15) is 14.3 Å². The molecule has 0 bridgehead atoms. The third kappa shape index (κ3) is 33.1. The molecule has 0 fully saturated rings. The lowest BCUT2D eigenvalue weighted by molar-refractivity contribution is -0.154. The van der Waals surface area contributed by atoms with Crippen LogP contribution in [0.1, 0.15) is 110 Å². The van der Waals surface area contributed by atoms with Gasteiger partial charge in [0.15, 0.2) is 0 Å². The molecule has 45 heavy (non-hydrogen) atoms. The van der Waals surface area contributed by atoms with Crippen LogP contribution in [0.4, 0.5) is 0 Å². The molecular weight excluding hydrogens is 589 g/mol. The summed E-state index contributed by atoms with van der Waals surface area (Å²) in [6, 6.07) is 0. The van der Waals surface area contributed by atoms with Gasteiger partial charge in [0.2, 0.25) is 0 Å². The normalized spacial score (nSPS) is 14.7. The molecule has 8 nitrogen and oxygen atoms in total. The molecule has 0 aliphatic heterocycles. The van der Waals surface area contributed by atoms with E-state index in [2.05, 4.69) is 86.8 Å². The Hall–Kier alpha value is -2.06. The average Bonchev–Trinajstić information content (AvgIpc) is 3.03. The summed E-state index contributed by atoms with van der Waals surface area (Å²) in [4.78, 5) is 22.0. The van der Waals surface area contributed by atoms with Gasteiger partial charge in [0.05, 0.1) is 19.8 Å². The van der Waals surface area contributed by atoms with Crippen molar-refractivity contribution in [3.05, 3.63) is 72.9 Å². The Balaban J connectivity index is 4.03. The highest BCUT2D eigenvalue weighted by atomic mass is 31.2. The highest BCUT2D eigenvalue weighted by Gasteiger charge is 2.25. The van der Waals surface area contributed by atoms with Crippen LogP contribution in [-0.4, -0.2) is 49.9 Å². The third-order valence-corrected chi connectivity index (χ3v) is 7.37. The zero-order valence-corrected chi connectivity index (χ0v) is 29.0. The minimum Gasteiger partial charge on any atom is -0.457 e. The molecular formula is C36H62NO7P. The lowest BCUT2D eigenvalue weighted by Gasteiger charge is -2.20. The van der Waals surface area contributed by atoms with Gasteiger partial charge in [-0.2, -0.15) is 0 Å². The molecule has 0 aromatic heterocycles. The number of hydrogen-bond acceptors (Lipinski definition) is 7. The van der Waals surface area contributed by atoms with Crippen LogP contribution in [0.25, 0.3) is 0 Å². The predicted molar refractivity (Wildman–Crippen MR) is 187 cm³/mol. The number of nitrogens with two attached hydrogens (primary N) is 1. The molecule has 0 saturated heterocycles. The fourth-order valence-electron chi connectivity index (χ4n) is 3.94. The first-order valence-corrected chi connectivity index (χ1v) is 18.4. The molecule has 0 saturated carbocycles. The number of allylic oxidation sites excluding steroid dienone is 12. The second-order valence-corrected chi connectivity index (χ2v) is 12.1. The van der Waals surface area contributed by atoms with Crippen LogP contribution in [-0.2, 0) is 27.9 Å². The summed E-state index contributed by atoms with van der Waals surface area (Å²) in [5.74, 6) is -0.365. The van der Waals surface area contributed by atoms with Crippen LogP contribution in [0.15, 0.2) is 72.9 Å². The molecule has 2 atom stereocenters. The molecule has 0 aromatic carbocycles. The largest absolute Gasteiger partial charge is 0.472 e. The van der Waals surface area contributed by atoms with Gasteiger partial charge < -0.3 is 20.1 Å². The highest BCUT2D eigenvalue weighted by molar-refractivity contribution is 7.47. The van der Waals surface area contributed by atoms with Gasteiger partial charge >= 0.3 is 13.8 Å². The first-order valence-electron chi connectivity index (χ1n) is 16.9. The van der Waals surface area contributed by atoms with Crippen LogP contribution >= 0.6 is 7.82 Å². The number of hydrogen-bond donors (Lipinski definition) is 2. The topological polar surface area (TPSA) is 117 Å². The molecule has 0 rings (SSSR count). The minimum absolute atomic E-state index is 0.0880. The van der Waals surface area contributed by atoms with Gasteiger partial charge in [0.1, 0.15) is 6.10 Å². The number of ether oxygens (including phenoxy) is 2.